The van der Waals surface area contributed by atoms with Crippen molar-refractivity contribution in [2.24, 2.45) is 0 Å². The third kappa shape index (κ3) is 5.07. The lowest BCUT2D eigenvalue weighted by molar-refractivity contribution is -0.323. The molecule has 2 fully saturated rings. The van der Waals surface area contributed by atoms with Crippen molar-refractivity contribution in [3.8, 4) is 17.2 Å². The summed E-state index contributed by atoms with van der Waals surface area (Å²) in [5, 5.41) is 79.2. The van der Waals surface area contributed by atoms with Gasteiger partial charge >= 0.3 is 0 Å². The molecule has 2 aliphatic heterocycles. The lowest BCUT2D eigenvalue weighted by Gasteiger charge is -2.42. The van der Waals surface area contributed by atoms with E-state index in [4.69, 9.17) is 23.7 Å². The van der Waals surface area contributed by atoms with Crippen LogP contribution in [0.5, 0.6) is 17.2 Å². The lowest BCUT2D eigenvalue weighted by atomic mass is 9.98. The van der Waals surface area contributed by atoms with E-state index in [1.165, 1.54) is 25.3 Å². The van der Waals surface area contributed by atoms with Crippen LogP contribution in [0, 0.1) is 0 Å². The number of aliphatic hydroxyl groups is 7. The van der Waals surface area contributed by atoms with E-state index in [-0.39, 0.29) is 17.2 Å². The molecular formula is C19H28O13. The van der Waals surface area contributed by atoms with Crippen molar-refractivity contribution in [2.45, 2.75) is 61.4 Å². The molecule has 3 rings (SSSR count). The Hall–Kier alpha value is -1.78. The second-order valence-corrected chi connectivity index (χ2v) is 7.50. The van der Waals surface area contributed by atoms with Crippen LogP contribution in [-0.2, 0) is 14.2 Å². The van der Waals surface area contributed by atoms with Crippen molar-refractivity contribution in [2.75, 3.05) is 20.3 Å². The van der Waals surface area contributed by atoms with Crippen LogP contribution in [0.2, 0.25) is 0 Å². The summed E-state index contributed by atoms with van der Waals surface area (Å²) in [5.74, 6) is 0.0722. The van der Waals surface area contributed by atoms with E-state index in [1.54, 1.807) is 0 Å². The molecule has 1 aromatic rings. The largest absolute Gasteiger partial charge is 0.504 e. The zero-order valence-corrected chi connectivity index (χ0v) is 17.0. The topological polar surface area (TPSA) is 208 Å². The van der Waals surface area contributed by atoms with Gasteiger partial charge in [-0.1, -0.05) is 0 Å². The first-order valence-electron chi connectivity index (χ1n) is 9.83. The fraction of sp³-hybridized carbons (Fsp3) is 0.684. The average Bonchev–Trinajstić information content (AvgIpc) is 2.79. The number of hydrogen-bond donors (Lipinski definition) is 8. The van der Waals surface area contributed by atoms with E-state index in [2.05, 4.69) is 0 Å². The number of aliphatic hydroxyl groups excluding tert-OH is 7. The number of rotatable bonds is 7. The Balaban J connectivity index is 1.66. The third-order valence-corrected chi connectivity index (χ3v) is 5.35. The van der Waals surface area contributed by atoms with Gasteiger partial charge in [0.1, 0.15) is 54.6 Å². The highest BCUT2D eigenvalue weighted by atomic mass is 16.7. The predicted molar refractivity (Wildman–Crippen MR) is 102 cm³/mol. The number of phenols is 1. The van der Waals surface area contributed by atoms with Crippen LogP contribution in [0.1, 0.15) is 0 Å². The molecule has 32 heavy (non-hydrogen) atoms. The van der Waals surface area contributed by atoms with Crippen LogP contribution in [0.15, 0.2) is 18.2 Å². The van der Waals surface area contributed by atoms with Crippen LogP contribution in [0.4, 0.5) is 0 Å². The fourth-order valence-corrected chi connectivity index (χ4v) is 3.41. The summed E-state index contributed by atoms with van der Waals surface area (Å²) in [5.41, 5.74) is 0. The van der Waals surface area contributed by atoms with Crippen molar-refractivity contribution in [3.05, 3.63) is 18.2 Å². The predicted octanol–water partition coefficient (Wildman–Crippen LogP) is -3.60. The number of methoxy groups -OCH3 is 1. The summed E-state index contributed by atoms with van der Waals surface area (Å²) in [6.45, 7) is -1.13. The van der Waals surface area contributed by atoms with Gasteiger partial charge < -0.3 is 64.5 Å². The van der Waals surface area contributed by atoms with Crippen LogP contribution in [0.3, 0.4) is 0 Å². The normalized spacial score (nSPS) is 40.1. The van der Waals surface area contributed by atoms with Gasteiger partial charge in [-0.05, 0) is 12.1 Å². The van der Waals surface area contributed by atoms with Gasteiger partial charge in [-0.25, -0.2) is 0 Å². The smallest absolute Gasteiger partial charge is 0.229 e. The molecule has 2 heterocycles. The summed E-state index contributed by atoms with van der Waals surface area (Å²) in [7, 11) is 1.33. The quantitative estimate of drug-likeness (QED) is 0.196. The third-order valence-electron chi connectivity index (χ3n) is 5.35. The van der Waals surface area contributed by atoms with Crippen LogP contribution in [-0.4, -0.2) is 123 Å². The first-order chi connectivity index (χ1) is 15.2. The Kier molecular flexibility index (Phi) is 8.11. The summed E-state index contributed by atoms with van der Waals surface area (Å²) in [6.07, 6.45) is -15.2. The number of aromatic hydroxyl groups is 1. The van der Waals surface area contributed by atoms with Crippen molar-refractivity contribution in [1.29, 1.82) is 0 Å². The van der Waals surface area contributed by atoms with Gasteiger partial charge in [0.05, 0.1) is 20.3 Å². The van der Waals surface area contributed by atoms with Gasteiger partial charge in [0, 0.05) is 6.07 Å². The van der Waals surface area contributed by atoms with Crippen molar-refractivity contribution < 1.29 is 64.5 Å². The molecule has 0 aliphatic carbocycles. The van der Waals surface area contributed by atoms with E-state index in [0.29, 0.717) is 0 Å². The van der Waals surface area contributed by atoms with Gasteiger partial charge in [-0.3, -0.25) is 0 Å². The zero-order valence-electron chi connectivity index (χ0n) is 17.0. The molecule has 2 aliphatic rings. The number of phenolic OH excluding ortho intramolecular Hbond substituents is 1. The molecule has 0 aromatic heterocycles. The van der Waals surface area contributed by atoms with E-state index >= 15 is 0 Å². The van der Waals surface area contributed by atoms with Crippen LogP contribution < -0.4 is 9.47 Å². The van der Waals surface area contributed by atoms with Crippen molar-refractivity contribution >= 4 is 0 Å². The molecule has 0 radical (unpaired) electrons. The zero-order chi connectivity index (χ0) is 23.6. The molecule has 13 heteroatoms. The Bertz CT molecular complexity index is 746. The first kappa shape index (κ1) is 24.9. The fourth-order valence-electron chi connectivity index (χ4n) is 3.41. The molecule has 8 N–H and O–H groups in total. The molecule has 0 spiro atoms. The highest BCUT2D eigenvalue weighted by Gasteiger charge is 2.47. The number of hydrogen-bond acceptors (Lipinski definition) is 13. The molecule has 0 unspecified atom stereocenters. The molecule has 182 valence electrons. The molecular weight excluding hydrogens is 436 g/mol. The monoisotopic (exact) mass is 464 g/mol. The molecule has 0 amide bonds. The van der Waals surface area contributed by atoms with Gasteiger partial charge in [0.2, 0.25) is 6.29 Å². The SMILES string of the molecule is COc1cc(O[C@@H]2O[C@H](CO[C@@H]3O[C@H](CO)[C@@H](O)[C@H](O)[C@H]3O)[C@@H](O)[C@H](O)[C@H]2O)ccc1O. The standard InChI is InChI=1S/C19H28O13/c1-28-9-4-7(2-3-8(9)21)30-19-17(27)15(25)13(23)11(32-19)6-29-18-16(26)14(24)12(22)10(5-20)31-18/h2-4,10-27H,5-6H2,1H3/t10-,11-,12-,13-,14+,15+,16-,17-,18-,19-/m1/s1. The number of ether oxygens (including phenoxy) is 5. The van der Waals surface area contributed by atoms with Gasteiger partial charge in [0.25, 0.3) is 0 Å². The van der Waals surface area contributed by atoms with Gasteiger partial charge in [-0.2, -0.15) is 0 Å². The summed E-state index contributed by atoms with van der Waals surface area (Å²) in [4.78, 5) is 0. The minimum absolute atomic E-state index is 0.0934. The second-order valence-electron chi connectivity index (χ2n) is 7.50. The Labute approximate surface area is 182 Å². The number of benzene rings is 1. The van der Waals surface area contributed by atoms with Crippen molar-refractivity contribution in [3.63, 3.8) is 0 Å². The maximum absolute atomic E-state index is 10.2. The molecule has 13 nitrogen and oxygen atoms in total. The highest BCUT2D eigenvalue weighted by Crippen LogP contribution is 2.32. The Morgan fingerprint density at radius 2 is 1.41 bits per heavy atom. The van der Waals surface area contributed by atoms with E-state index in [0.717, 1.165) is 0 Å². The van der Waals surface area contributed by atoms with E-state index in [1.807, 2.05) is 0 Å². The second kappa shape index (κ2) is 10.4. The maximum atomic E-state index is 10.2. The summed E-state index contributed by atoms with van der Waals surface area (Å²) < 4.78 is 26.6. The van der Waals surface area contributed by atoms with Crippen LogP contribution >= 0.6 is 0 Å². The maximum Gasteiger partial charge on any atom is 0.229 e. The summed E-state index contributed by atoms with van der Waals surface area (Å²) >= 11 is 0. The van der Waals surface area contributed by atoms with Gasteiger partial charge in [0.15, 0.2) is 17.8 Å². The molecule has 0 bridgehead atoms. The highest BCUT2D eigenvalue weighted by molar-refractivity contribution is 5.44. The van der Waals surface area contributed by atoms with Gasteiger partial charge in [-0.15, -0.1) is 0 Å². The minimum atomic E-state index is -1.68. The molecule has 2 saturated heterocycles. The lowest BCUT2D eigenvalue weighted by Crippen LogP contribution is -2.62. The molecule has 1 aromatic carbocycles. The minimum Gasteiger partial charge on any atom is -0.504 e. The average molecular weight is 464 g/mol. The molecule has 10 atom stereocenters. The molecule has 0 saturated carbocycles. The van der Waals surface area contributed by atoms with E-state index in [9.17, 15) is 40.9 Å². The first-order valence-corrected chi connectivity index (χ1v) is 9.83. The van der Waals surface area contributed by atoms with Crippen molar-refractivity contribution in [1.82, 2.24) is 0 Å². The Morgan fingerprint density at radius 1 is 0.812 bits per heavy atom. The summed E-state index contributed by atoms with van der Waals surface area (Å²) in [6, 6.07) is 3.97. The van der Waals surface area contributed by atoms with Crippen LogP contribution in [0.25, 0.3) is 0 Å². The van der Waals surface area contributed by atoms with E-state index < -0.39 is 74.6 Å². The Morgan fingerprint density at radius 3 is 2.03 bits per heavy atom.